The molecule has 1 aliphatic carbocycles. The second-order valence-electron chi connectivity index (χ2n) is 6.49. The molecule has 3 N–H and O–H groups in total. The van der Waals surface area contributed by atoms with Gasteiger partial charge in [0.2, 0.25) is 10.0 Å². The average molecular weight is 395 g/mol. The molecule has 1 aliphatic rings. The Morgan fingerprint density at radius 3 is 2.19 bits per heavy atom. The summed E-state index contributed by atoms with van der Waals surface area (Å²) in [4.78, 5) is 12.8. The van der Waals surface area contributed by atoms with E-state index in [1.54, 1.807) is 42.5 Å². The van der Waals surface area contributed by atoms with E-state index in [2.05, 4.69) is 4.72 Å². The van der Waals surface area contributed by atoms with Crippen LogP contribution in [0.4, 0.5) is 0 Å². The van der Waals surface area contributed by atoms with Crippen molar-refractivity contribution in [1.29, 1.82) is 0 Å². The molecule has 0 atom stereocenters. The SMILES string of the molecule is Cl.NCC1(NS(=O)(=O)c2ccccc2C(=O)c2ccccc2)CCCC1. The summed E-state index contributed by atoms with van der Waals surface area (Å²) >= 11 is 0. The van der Waals surface area contributed by atoms with Gasteiger partial charge in [0.25, 0.3) is 0 Å². The van der Waals surface area contributed by atoms with Crippen molar-refractivity contribution in [3.05, 3.63) is 65.7 Å². The molecule has 2 aromatic rings. The Labute approximate surface area is 160 Å². The van der Waals surface area contributed by atoms with E-state index in [4.69, 9.17) is 5.73 Å². The van der Waals surface area contributed by atoms with Crippen molar-refractivity contribution in [1.82, 2.24) is 4.72 Å². The number of carbonyl (C=O) groups excluding carboxylic acids is 1. The monoisotopic (exact) mass is 394 g/mol. The number of nitrogens with one attached hydrogen (secondary N) is 1. The first-order valence-electron chi connectivity index (χ1n) is 8.40. The van der Waals surface area contributed by atoms with E-state index >= 15 is 0 Å². The smallest absolute Gasteiger partial charge is 0.241 e. The second-order valence-corrected chi connectivity index (χ2v) is 8.14. The van der Waals surface area contributed by atoms with Crippen molar-refractivity contribution in [2.45, 2.75) is 36.1 Å². The van der Waals surface area contributed by atoms with Gasteiger partial charge in [-0.25, -0.2) is 13.1 Å². The maximum Gasteiger partial charge on any atom is 0.241 e. The van der Waals surface area contributed by atoms with Crippen molar-refractivity contribution in [3.63, 3.8) is 0 Å². The number of rotatable bonds is 6. The van der Waals surface area contributed by atoms with Gasteiger partial charge in [-0.1, -0.05) is 55.3 Å². The molecule has 0 saturated heterocycles. The van der Waals surface area contributed by atoms with Crippen LogP contribution in [0.25, 0.3) is 0 Å². The molecule has 0 aliphatic heterocycles. The minimum absolute atomic E-state index is 0. The highest BCUT2D eigenvalue weighted by Gasteiger charge is 2.37. The molecular formula is C19H23ClN2O3S. The lowest BCUT2D eigenvalue weighted by molar-refractivity contribution is 0.103. The maximum atomic E-state index is 13.0. The molecule has 0 unspecified atom stereocenters. The highest BCUT2D eigenvalue weighted by molar-refractivity contribution is 7.89. The summed E-state index contributed by atoms with van der Waals surface area (Å²) in [6, 6.07) is 15.0. The van der Waals surface area contributed by atoms with Gasteiger partial charge in [0.1, 0.15) is 0 Å². The van der Waals surface area contributed by atoms with Gasteiger partial charge in [-0.2, -0.15) is 0 Å². The highest BCUT2D eigenvalue weighted by Crippen LogP contribution is 2.31. The van der Waals surface area contributed by atoms with E-state index in [0.29, 0.717) is 5.56 Å². The second kappa shape index (κ2) is 8.31. The van der Waals surface area contributed by atoms with Crippen molar-refractivity contribution < 1.29 is 13.2 Å². The van der Waals surface area contributed by atoms with Crippen LogP contribution in [0.5, 0.6) is 0 Å². The van der Waals surface area contributed by atoms with Gasteiger partial charge >= 0.3 is 0 Å². The van der Waals surface area contributed by atoms with Crippen molar-refractivity contribution in [3.8, 4) is 0 Å². The lowest BCUT2D eigenvalue weighted by Crippen LogP contribution is -2.51. The van der Waals surface area contributed by atoms with Crippen LogP contribution in [0.2, 0.25) is 0 Å². The molecule has 0 heterocycles. The van der Waals surface area contributed by atoms with E-state index in [1.165, 1.54) is 6.07 Å². The van der Waals surface area contributed by atoms with Crippen LogP contribution in [-0.4, -0.2) is 26.3 Å². The molecule has 1 saturated carbocycles. The number of benzene rings is 2. The fourth-order valence-electron chi connectivity index (χ4n) is 3.37. The summed E-state index contributed by atoms with van der Waals surface area (Å²) in [7, 11) is -3.85. The van der Waals surface area contributed by atoms with Crippen molar-refractivity contribution in [2.75, 3.05) is 6.54 Å². The fraction of sp³-hybridized carbons (Fsp3) is 0.316. The predicted molar refractivity (Wildman–Crippen MR) is 104 cm³/mol. The van der Waals surface area contributed by atoms with Crippen LogP contribution in [0.15, 0.2) is 59.5 Å². The fourth-order valence-corrected chi connectivity index (χ4v) is 5.05. The van der Waals surface area contributed by atoms with Crippen LogP contribution >= 0.6 is 12.4 Å². The summed E-state index contributed by atoms with van der Waals surface area (Å²) in [6.07, 6.45) is 3.34. The first-order valence-corrected chi connectivity index (χ1v) is 9.89. The summed E-state index contributed by atoms with van der Waals surface area (Å²) in [5.74, 6) is -0.310. The van der Waals surface area contributed by atoms with Gasteiger partial charge in [-0.05, 0) is 25.0 Å². The van der Waals surface area contributed by atoms with Crippen LogP contribution in [0, 0.1) is 0 Å². The third kappa shape index (κ3) is 4.15. The first kappa shape index (κ1) is 20.6. The van der Waals surface area contributed by atoms with E-state index in [1.807, 2.05) is 6.07 Å². The summed E-state index contributed by atoms with van der Waals surface area (Å²) in [6.45, 7) is 0.251. The van der Waals surface area contributed by atoms with Crippen LogP contribution < -0.4 is 10.5 Å². The Morgan fingerprint density at radius 1 is 1.00 bits per heavy atom. The number of ketones is 1. The molecule has 140 valence electrons. The summed E-state index contributed by atoms with van der Waals surface area (Å²) in [5, 5.41) is 0. The number of hydrogen-bond donors (Lipinski definition) is 2. The molecule has 2 aromatic carbocycles. The van der Waals surface area contributed by atoms with Gasteiger partial charge in [0.15, 0.2) is 5.78 Å². The van der Waals surface area contributed by atoms with E-state index < -0.39 is 15.6 Å². The number of nitrogens with two attached hydrogens (primary N) is 1. The molecule has 0 aromatic heterocycles. The number of halogens is 1. The van der Waals surface area contributed by atoms with Crippen molar-refractivity contribution in [2.24, 2.45) is 5.73 Å². The third-order valence-electron chi connectivity index (χ3n) is 4.76. The maximum absolute atomic E-state index is 13.0. The molecular weight excluding hydrogens is 372 g/mol. The molecule has 5 nitrogen and oxygen atoms in total. The Kier molecular flexibility index (Phi) is 6.58. The van der Waals surface area contributed by atoms with Gasteiger partial charge in [-0.3, -0.25) is 4.79 Å². The Morgan fingerprint density at radius 2 is 1.58 bits per heavy atom. The molecule has 0 bridgehead atoms. The lowest BCUT2D eigenvalue weighted by atomic mass is 10.0. The minimum atomic E-state index is -3.85. The van der Waals surface area contributed by atoms with Crippen LogP contribution in [0.3, 0.4) is 0 Å². The number of hydrogen-bond acceptors (Lipinski definition) is 4. The molecule has 26 heavy (non-hydrogen) atoms. The van der Waals surface area contributed by atoms with Crippen LogP contribution in [-0.2, 0) is 10.0 Å². The Hall–Kier alpha value is -1.73. The highest BCUT2D eigenvalue weighted by atomic mass is 35.5. The topological polar surface area (TPSA) is 89.3 Å². The standard InChI is InChI=1S/C19H22N2O3S.ClH/c20-14-19(12-6-7-13-19)21-25(23,24)17-11-5-4-10-16(17)18(22)15-8-2-1-3-9-15;/h1-5,8-11,21H,6-7,12-14,20H2;1H. The molecule has 3 rings (SSSR count). The quantitative estimate of drug-likeness (QED) is 0.737. The third-order valence-corrected chi connectivity index (χ3v) is 6.40. The zero-order valence-corrected chi connectivity index (χ0v) is 16.0. The first-order chi connectivity index (χ1) is 12.0. The van der Waals surface area contributed by atoms with E-state index in [9.17, 15) is 13.2 Å². The Bertz CT molecular complexity index is 863. The zero-order valence-electron chi connectivity index (χ0n) is 14.4. The lowest BCUT2D eigenvalue weighted by Gasteiger charge is -2.28. The Balaban J connectivity index is 0.00000243. The number of sulfonamides is 1. The van der Waals surface area contributed by atoms with E-state index in [0.717, 1.165) is 25.7 Å². The largest absolute Gasteiger partial charge is 0.329 e. The predicted octanol–water partition coefficient (Wildman–Crippen LogP) is 2.89. The van der Waals surface area contributed by atoms with Crippen molar-refractivity contribution >= 4 is 28.2 Å². The van der Waals surface area contributed by atoms with Crippen LogP contribution in [0.1, 0.15) is 41.6 Å². The molecule has 0 spiro atoms. The molecule has 7 heteroatoms. The zero-order chi connectivity index (χ0) is 17.9. The van der Waals surface area contributed by atoms with Gasteiger partial charge in [0.05, 0.1) is 4.90 Å². The number of carbonyl (C=O) groups is 1. The normalized spacial score (nSPS) is 16.0. The van der Waals surface area contributed by atoms with Gasteiger partial charge < -0.3 is 5.73 Å². The van der Waals surface area contributed by atoms with Gasteiger partial charge in [-0.15, -0.1) is 12.4 Å². The van der Waals surface area contributed by atoms with Gasteiger partial charge in [0, 0.05) is 23.2 Å². The minimum Gasteiger partial charge on any atom is -0.329 e. The van der Waals surface area contributed by atoms with E-state index in [-0.39, 0.29) is 35.2 Å². The summed E-state index contributed by atoms with van der Waals surface area (Å²) < 4.78 is 28.8. The molecule has 1 fully saturated rings. The molecule has 0 amide bonds. The summed E-state index contributed by atoms with van der Waals surface area (Å²) in [5.41, 5.74) is 5.87. The average Bonchev–Trinajstić information content (AvgIpc) is 3.10. The molecule has 0 radical (unpaired) electrons.